The summed E-state index contributed by atoms with van der Waals surface area (Å²) in [5.74, 6) is -2.48. The second-order valence-electron chi connectivity index (χ2n) is 6.00. The first-order valence-electron chi connectivity index (χ1n) is 7.83. The van der Waals surface area contributed by atoms with Crippen molar-refractivity contribution in [3.63, 3.8) is 0 Å². The van der Waals surface area contributed by atoms with Crippen LogP contribution >= 0.6 is 22.9 Å². The van der Waals surface area contributed by atoms with E-state index in [4.69, 9.17) is 11.6 Å². The zero-order valence-electron chi connectivity index (χ0n) is 14.2. The molecule has 0 bridgehead atoms. The molecular weight excluding hydrogens is 380 g/mol. The minimum atomic E-state index is -1.06. The summed E-state index contributed by atoms with van der Waals surface area (Å²) < 4.78 is 27.6. The van der Waals surface area contributed by atoms with E-state index in [1.165, 1.54) is 22.3 Å². The number of carbonyl (C=O) groups excluding carboxylic acids is 1. The zero-order valence-corrected chi connectivity index (χ0v) is 15.7. The Labute approximate surface area is 158 Å². The third kappa shape index (κ3) is 4.00. The molecule has 8 heteroatoms. The largest absolute Gasteiger partial charge is 0.308 e. The van der Waals surface area contributed by atoms with Crippen molar-refractivity contribution in [3.05, 3.63) is 58.6 Å². The Morgan fingerprint density at radius 3 is 2.58 bits per heavy atom. The number of nitrogens with zero attached hydrogens (tertiary/aromatic N) is 3. The fourth-order valence-electron chi connectivity index (χ4n) is 2.37. The Hall–Kier alpha value is -2.09. The van der Waals surface area contributed by atoms with Gasteiger partial charge in [-0.05, 0) is 50.5 Å². The number of thiazole rings is 1. The minimum Gasteiger partial charge on any atom is -0.308 e. The number of hydrogen-bond acceptors (Lipinski definition) is 4. The summed E-state index contributed by atoms with van der Waals surface area (Å²) >= 11 is 7.34. The van der Waals surface area contributed by atoms with Crippen LogP contribution in [0, 0.1) is 11.6 Å². The van der Waals surface area contributed by atoms with Crippen molar-refractivity contribution in [2.24, 2.45) is 0 Å². The van der Waals surface area contributed by atoms with Gasteiger partial charge in [-0.25, -0.2) is 13.8 Å². The van der Waals surface area contributed by atoms with E-state index in [1.54, 1.807) is 18.2 Å². The number of rotatable bonds is 5. The average molecular weight is 396 g/mol. The van der Waals surface area contributed by atoms with E-state index < -0.39 is 17.5 Å². The standard InChI is InChI=1S/C18H16ClF2N3OS/c1-23(2)7-8-24(17(25)11-3-5-13(20)14(21)9-11)18-22-15-6-4-12(19)10-16(15)26-18/h3-6,9-10H,7-8H2,1-2H3. The third-order valence-corrected chi connectivity index (χ3v) is 5.03. The van der Waals surface area contributed by atoms with Crippen molar-refractivity contribution in [3.8, 4) is 0 Å². The maximum Gasteiger partial charge on any atom is 0.260 e. The summed E-state index contributed by atoms with van der Waals surface area (Å²) in [6, 6.07) is 8.42. The molecule has 2 aromatic carbocycles. The monoisotopic (exact) mass is 395 g/mol. The fourth-order valence-corrected chi connectivity index (χ4v) is 3.64. The van der Waals surface area contributed by atoms with Crippen molar-refractivity contribution in [2.45, 2.75) is 0 Å². The van der Waals surface area contributed by atoms with Crippen LogP contribution in [0.25, 0.3) is 10.2 Å². The Kier molecular flexibility index (Phi) is 5.50. The second-order valence-corrected chi connectivity index (χ2v) is 7.44. The van der Waals surface area contributed by atoms with Crippen LogP contribution in [0.2, 0.25) is 5.02 Å². The maximum absolute atomic E-state index is 13.5. The van der Waals surface area contributed by atoms with E-state index in [0.29, 0.717) is 23.2 Å². The first-order valence-corrected chi connectivity index (χ1v) is 9.02. The SMILES string of the molecule is CN(C)CCN(C(=O)c1ccc(F)c(F)c1)c1nc2ccc(Cl)cc2s1. The lowest BCUT2D eigenvalue weighted by atomic mass is 10.2. The van der Waals surface area contributed by atoms with Gasteiger partial charge in [-0.15, -0.1) is 0 Å². The number of amides is 1. The molecule has 0 N–H and O–H groups in total. The number of halogens is 3. The van der Waals surface area contributed by atoms with Crippen molar-refractivity contribution < 1.29 is 13.6 Å². The van der Waals surface area contributed by atoms with Crippen LogP contribution in [-0.2, 0) is 0 Å². The third-order valence-electron chi connectivity index (χ3n) is 3.75. The molecule has 0 aliphatic carbocycles. The maximum atomic E-state index is 13.5. The van der Waals surface area contributed by atoms with Crippen LogP contribution in [0.1, 0.15) is 10.4 Å². The van der Waals surface area contributed by atoms with Crippen molar-refractivity contribution in [1.82, 2.24) is 9.88 Å². The molecule has 136 valence electrons. The zero-order chi connectivity index (χ0) is 18.8. The first kappa shape index (κ1) is 18.7. The number of hydrogen-bond donors (Lipinski definition) is 0. The molecule has 0 atom stereocenters. The molecule has 3 rings (SSSR count). The smallest absolute Gasteiger partial charge is 0.260 e. The molecule has 0 saturated heterocycles. The molecule has 1 aromatic heterocycles. The first-order chi connectivity index (χ1) is 12.3. The molecule has 1 amide bonds. The Bertz CT molecular complexity index is 961. The normalized spacial score (nSPS) is 11.3. The molecule has 26 heavy (non-hydrogen) atoms. The lowest BCUT2D eigenvalue weighted by Crippen LogP contribution is -2.36. The number of carbonyl (C=O) groups is 1. The van der Waals surface area contributed by atoms with Gasteiger partial charge in [-0.3, -0.25) is 9.69 Å². The predicted molar refractivity (Wildman–Crippen MR) is 101 cm³/mol. The Morgan fingerprint density at radius 1 is 1.12 bits per heavy atom. The van der Waals surface area contributed by atoms with E-state index in [2.05, 4.69) is 4.98 Å². The van der Waals surface area contributed by atoms with Gasteiger partial charge in [0.25, 0.3) is 5.91 Å². The van der Waals surface area contributed by atoms with Crippen LogP contribution in [0.5, 0.6) is 0 Å². The van der Waals surface area contributed by atoms with E-state index in [0.717, 1.165) is 22.3 Å². The molecule has 0 spiro atoms. The van der Waals surface area contributed by atoms with Gasteiger partial charge in [0.05, 0.1) is 10.2 Å². The predicted octanol–water partition coefficient (Wildman–Crippen LogP) is 4.44. The highest BCUT2D eigenvalue weighted by Crippen LogP contribution is 2.31. The number of likely N-dealkylation sites (N-methyl/N-ethyl adjacent to an activating group) is 1. The molecule has 0 aliphatic rings. The highest BCUT2D eigenvalue weighted by atomic mass is 35.5. The molecule has 0 aliphatic heterocycles. The van der Waals surface area contributed by atoms with Gasteiger partial charge in [0.1, 0.15) is 0 Å². The number of benzene rings is 2. The molecule has 0 radical (unpaired) electrons. The molecular formula is C18H16ClF2N3OS. The molecule has 4 nitrogen and oxygen atoms in total. The molecule has 0 saturated carbocycles. The van der Waals surface area contributed by atoms with Crippen LogP contribution in [0.4, 0.5) is 13.9 Å². The van der Waals surface area contributed by atoms with E-state index in [1.807, 2.05) is 19.0 Å². The number of anilines is 1. The lowest BCUT2D eigenvalue weighted by Gasteiger charge is -2.22. The van der Waals surface area contributed by atoms with Gasteiger partial charge in [-0.1, -0.05) is 22.9 Å². The Morgan fingerprint density at radius 2 is 1.88 bits per heavy atom. The number of aromatic nitrogens is 1. The van der Waals surface area contributed by atoms with Crippen molar-refractivity contribution in [2.75, 3.05) is 32.1 Å². The molecule has 1 heterocycles. The molecule has 0 unspecified atom stereocenters. The van der Waals surface area contributed by atoms with Crippen molar-refractivity contribution in [1.29, 1.82) is 0 Å². The highest BCUT2D eigenvalue weighted by molar-refractivity contribution is 7.22. The fraction of sp³-hybridized carbons (Fsp3) is 0.222. The van der Waals surface area contributed by atoms with E-state index >= 15 is 0 Å². The minimum absolute atomic E-state index is 0.0694. The van der Waals surface area contributed by atoms with Crippen LogP contribution in [-0.4, -0.2) is 43.0 Å². The quantitative estimate of drug-likeness (QED) is 0.641. The van der Waals surface area contributed by atoms with Gasteiger partial charge >= 0.3 is 0 Å². The van der Waals surface area contributed by atoms with Gasteiger partial charge in [0.15, 0.2) is 16.8 Å². The highest BCUT2D eigenvalue weighted by Gasteiger charge is 2.22. The molecule has 3 aromatic rings. The second kappa shape index (κ2) is 7.65. The lowest BCUT2D eigenvalue weighted by molar-refractivity contribution is 0.0984. The molecule has 0 fully saturated rings. The van der Waals surface area contributed by atoms with E-state index in [9.17, 15) is 13.6 Å². The van der Waals surface area contributed by atoms with Gasteiger partial charge in [-0.2, -0.15) is 0 Å². The van der Waals surface area contributed by atoms with Gasteiger partial charge in [0.2, 0.25) is 0 Å². The number of fused-ring (bicyclic) bond motifs is 1. The summed E-state index contributed by atoms with van der Waals surface area (Å²) in [6.07, 6.45) is 0. The summed E-state index contributed by atoms with van der Waals surface area (Å²) in [4.78, 5) is 20.8. The Balaban J connectivity index is 1.99. The summed E-state index contributed by atoms with van der Waals surface area (Å²) in [5, 5.41) is 1.07. The summed E-state index contributed by atoms with van der Waals surface area (Å²) in [6.45, 7) is 0.949. The summed E-state index contributed by atoms with van der Waals surface area (Å²) in [7, 11) is 3.77. The van der Waals surface area contributed by atoms with E-state index in [-0.39, 0.29) is 5.56 Å². The van der Waals surface area contributed by atoms with Gasteiger partial charge in [0, 0.05) is 23.7 Å². The van der Waals surface area contributed by atoms with Gasteiger partial charge < -0.3 is 4.90 Å². The van der Waals surface area contributed by atoms with Crippen LogP contribution < -0.4 is 4.90 Å². The van der Waals surface area contributed by atoms with Crippen molar-refractivity contribution >= 4 is 44.2 Å². The summed E-state index contributed by atoms with van der Waals surface area (Å²) in [5.41, 5.74) is 0.794. The average Bonchev–Trinajstić information content (AvgIpc) is 2.99. The van der Waals surface area contributed by atoms with Crippen LogP contribution in [0.3, 0.4) is 0 Å². The topological polar surface area (TPSA) is 36.4 Å². The van der Waals surface area contributed by atoms with Crippen LogP contribution in [0.15, 0.2) is 36.4 Å².